The number of hydrogen-bond acceptors (Lipinski definition) is 4. The molecule has 5 nitrogen and oxygen atoms in total. The molecule has 1 unspecified atom stereocenters. The number of carbonyl (C=O) groups excluding carboxylic acids is 1. The highest BCUT2D eigenvalue weighted by Gasteiger charge is 2.07. The fourth-order valence-electron chi connectivity index (χ4n) is 1.82. The molecule has 0 spiro atoms. The molecule has 104 valence electrons. The number of nitrogens with zero attached hydrogens (tertiary/aromatic N) is 2. The number of primary amides is 1. The van der Waals surface area contributed by atoms with E-state index < -0.39 is 5.91 Å². The number of benzene rings is 1. The van der Waals surface area contributed by atoms with Gasteiger partial charge in [-0.3, -0.25) is 4.79 Å². The molecule has 6 heteroatoms. The van der Waals surface area contributed by atoms with E-state index >= 15 is 0 Å². The monoisotopic (exact) mass is 274 g/mol. The Balaban J connectivity index is 1.95. The minimum absolute atomic E-state index is 0.0918. The molecule has 0 saturated heterocycles. The van der Waals surface area contributed by atoms with Crippen LogP contribution in [0.4, 0.5) is 10.2 Å². The molecule has 1 aromatic heterocycles. The van der Waals surface area contributed by atoms with E-state index in [1.54, 1.807) is 18.2 Å². The van der Waals surface area contributed by atoms with Gasteiger partial charge in [0, 0.05) is 6.04 Å². The van der Waals surface area contributed by atoms with E-state index in [9.17, 15) is 9.18 Å². The summed E-state index contributed by atoms with van der Waals surface area (Å²) in [5, 5.41) is 10.7. The normalized spacial score (nSPS) is 11.9. The molecular formula is C14H15FN4O. The molecule has 0 radical (unpaired) electrons. The lowest BCUT2D eigenvalue weighted by Gasteiger charge is -2.14. The van der Waals surface area contributed by atoms with Crippen LogP contribution in [-0.2, 0) is 6.42 Å². The summed E-state index contributed by atoms with van der Waals surface area (Å²) >= 11 is 0. The lowest BCUT2D eigenvalue weighted by Crippen LogP contribution is -2.20. The third kappa shape index (κ3) is 3.74. The van der Waals surface area contributed by atoms with E-state index in [0.29, 0.717) is 5.82 Å². The average molecular weight is 274 g/mol. The molecule has 3 N–H and O–H groups in total. The van der Waals surface area contributed by atoms with Crippen LogP contribution in [0.5, 0.6) is 0 Å². The second kappa shape index (κ2) is 6.10. The summed E-state index contributed by atoms with van der Waals surface area (Å²) in [6, 6.07) is 9.61. The first-order chi connectivity index (χ1) is 9.54. The summed E-state index contributed by atoms with van der Waals surface area (Å²) in [5.41, 5.74) is 6.23. The number of amides is 1. The highest BCUT2D eigenvalue weighted by molar-refractivity contribution is 5.90. The fraction of sp³-hybridized carbons (Fsp3) is 0.214. The number of nitrogens with one attached hydrogen (secondary N) is 1. The molecule has 0 aliphatic rings. The standard InChI is InChI=1S/C14H15FN4O/c1-9(8-10-2-4-11(15)5-3-10)17-13-7-6-12(14(16)20)18-19-13/h2-7,9H,8H2,1H3,(H2,16,20)(H,17,19). The summed E-state index contributed by atoms with van der Waals surface area (Å²) in [4.78, 5) is 10.9. The van der Waals surface area contributed by atoms with Crippen LogP contribution in [0.25, 0.3) is 0 Å². The number of rotatable bonds is 5. The molecule has 20 heavy (non-hydrogen) atoms. The maximum Gasteiger partial charge on any atom is 0.269 e. The van der Waals surface area contributed by atoms with Gasteiger partial charge in [-0.05, 0) is 43.2 Å². The highest BCUT2D eigenvalue weighted by atomic mass is 19.1. The molecular weight excluding hydrogens is 259 g/mol. The van der Waals surface area contributed by atoms with Crippen molar-refractivity contribution in [3.63, 3.8) is 0 Å². The van der Waals surface area contributed by atoms with Gasteiger partial charge in [0.2, 0.25) is 0 Å². The molecule has 1 aromatic carbocycles. The topological polar surface area (TPSA) is 80.9 Å². The molecule has 1 amide bonds. The average Bonchev–Trinajstić information content (AvgIpc) is 2.42. The van der Waals surface area contributed by atoms with Crippen molar-refractivity contribution in [3.8, 4) is 0 Å². The molecule has 2 aromatic rings. The van der Waals surface area contributed by atoms with Gasteiger partial charge in [-0.1, -0.05) is 12.1 Å². The van der Waals surface area contributed by atoms with Gasteiger partial charge in [-0.15, -0.1) is 10.2 Å². The predicted molar refractivity (Wildman–Crippen MR) is 73.7 cm³/mol. The van der Waals surface area contributed by atoms with Gasteiger partial charge in [-0.2, -0.15) is 0 Å². The van der Waals surface area contributed by atoms with Crippen LogP contribution in [0.3, 0.4) is 0 Å². The molecule has 0 aliphatic carbocycles. The van der Waals surface area contributed by atoms with Crippen LogP contribution < -0.4 is 11.1 Å². The zero-order chi connectivity index (χ0) is 14.5. The Bertz CT molecular complexity index is 583. The summed E-state index contributed by atoms with van der Waals surface area (Å²) in [5.74, 6) is -0.296. The fourth-order valence-corrected chi connectivity index (χ4v) is 1.82. The lowest BCUT2D eigenvalue weighted by molar-refractivity contribution is 0.0994. The first-order valence-electron chi connectivity index (χ1n) is 6.19. The molecule has 2 rings (SSSR count). The van der Waals surface area contributed by atoms with Crippen LogP contribution in [0, 0.1) is 5.82 Å². The van der Waals surface area contributed by atoms with E-state index in [4.69, 9.17) is 5.73 Å². The number of hydrogen-bond donors (Lipinski definition) is 2. The third-order valence-electron chi connectivity index (χ3n) is 2.77. The Hall–Kier alpha value is -2.50. The van der Waals surface area contributed by atoms with Crippen molar-refractivity contribution >= 4 is 11.7 Å². The largest absolute Gasteiger partial charge is 0.366 e. The lowest BCUT2D eigenvalue weighted by atomic mass is 10.1. The third-order valence-corrected chi connectivity index (χ3v) is 2.77. The number of aromatic nitrogens is 2. The smallest absolute Gasteiger partial charge is 0.269 e. The SMILES string of the molecule is CC(Cc1ccc(F)cc1)Nc1ccc(C(N)=O)nn1. The van der Waals surface area contributed by atoms with Crippen molar-refractivity contribution < 1.29 is 9.18 Å². The summed E-state index contributed by atoms with van der Waals surface area (Å²) in [6.45, 7) is 1.98. The number of carbonyl (C=O) groups is 1. The zero-order valence-electron chi connectivity index (χ0n) is 11.0. The minimum Gasteiger partial charge on any atom is -0.366 e. The molecule has 1 atom stereocenters. The van der Waals surface area contributed by atoms with Gasteiger partial charge in [0.25, 0.3) is 5.91 Å². The Morgan fingerprint density at radius 3 is 2.50 bits per heavy atom. The van der Waals surface area contributed by atoms with Gasteiger partial charge in [-0.25, -0.2) is 4.39 Å². The van der Waals surface area contributed by atoms with Gasteiger partial charge in [0.05, 0.1) is 0 Å². The Morgan fingerprint density at radius 2 is 1.95 bits per heavy atom. The Morgan fingerprint density at radius 1 is 1.25 bits per heavy atom. The maximum atomic E-state index is 12.8. The van der Waals surface area contributed by atoms with E-state index in [1.165, 1.54) is 18.2 Å². The van der Waals surface area contributed by atoms with Crippen LogP contribution >= 0.6 is 0 Å². The summed E-state index contributed by atoms with van der Waals surface area (Å²) in [7, 11) is 0. The Labute approximate surface area is 116 Å². The molecule has 0 bridgehead atoms. The van der Waals surface area contributed by atoms with E-state index in [0.717, 1.165) is 12.0 Å². The van der Waals surface area contributed by atoms with E-state index in [1.807, 2.05) is 6.92 Å². The second-order valence-electron chi connectivity index (χ2n) is 4.54. The zero-order valence-corrected chi connectivity index (χ0v) is 11.0. The molecule has 0 aliphatic heterocycles. The van der Waals surface area contributed by atoms with Crippen molar-refractivity contribution in [2.45, 2.75) is 19.4 Å². The van der Waals surface area contributed by atoms with Crippen LogP contribution in [0.15, 0.2) is 36.4 Å². The second-order valence-corrected chi connectivity index (χ2v) is 4.54. The molecule has 1 heterocycles. The molecule has 0 fully saturated rings. The maximum absolute atomic E-state index is 12.8. The van der Waals surface area contributed by atoms with Crippen molar-refractivity contribution in [3.05, 3.63) is 53.5 Å². The number of anilines is 1. The van der Waals surface area contributed by atoms with Gasteiger partial charge < -0.3 is 11.1 Å². The van der Waals surface area contributed by atoms with E-state index in [-0.39, 0.29) is 17.6 Å². The first-order valence-corrected chi connectivity index (χ1v) is 6.19. The highest BCUT2D eigenvalue weighted by Crippen LogP contribution is 2.09. The van der Waals surface area contributed by atoms with E-state index in [2.05, 4.69) is 15.5 Å². The van der Waals surface area contributed by atoms with Gasteiger partial charge in [0.1, 0.15) is 11.6 Å². The van der Waals surface area contributed by atoms with Crippen LogP contribution in [-0.4, -0.2) is 22.1 Å². The van der Waals surface area contributed by atoms with Crippen molar-refractivity contribution in [2.75, 3.05) is 5.32 Å². The quantitative estimate of drug-likeness (QED) is 0.870. The number of halogens is 1. The molecule has 0 saturated carbocycles. The van der Waals surface area contributed by atoms with Crippen LogP contribution in [0.2, 0.25) is 0 Å². The Kier molecular flexibility index (Phi) is 4.24. The predicted octanol–water partition coefficient (Wildman–Crippen LogP) is 1.76. The summed E-state index contributed by atoms with van der Waals surface area (Å²) in [6.07, 6.45) is 0.722. The van der Waals surface area contributed by atoms with Crippen molar-refractivity contribution in [2.24, 2.45) is 5.73 Å². The summed E-state index contributed by atoms with van der Waals surface area (Å²) < 4.78 is 12.8. The first kappa shape index (κ1) is 13.9. The van der Waals surface area contributed by atoms with Gasteiger partial charge in [0.15, 0.2) is 5.69 Å². The van der Waals surface area contributed by atoms with Crippen molar-refractivity contribution in [1.29, 1.82) is 0 Å². The van der Waals surface area contributed by atoms with Crippen molar-refractivity contribution in [1.82, 2.24) is 10.2 Å². The number of nitrogens with two attached hydrogens (primary N) is 1. The van der Waals surface area contributed by atoms with Gasteiger partial charge >= 0.3 is 0 Å². The van der Waals surface area contributed by atoms with Crippen LogP contribution in [0.1, 0.15) is 23.0 Å². The minimum atomic E-state index is -0.608.